The number of hydrogen-bond donors (Lipinski definition) is 3. The van der Waals surface area contributed by atoms with Gasteiger partial charge in [0.05, 0.1) is 18.1 Å². The lowest BCUT2D eigenvalue weighted by Crippen LogP contribution is -2.36. The lowest BCUT2D eigenvalue weighted by Gasteiger charge is -2.31. The second-order valence-electron chi connectivity index (χ2n) is 3.94. The van der Waals surface area contributed by atoms with Crippen molar-refractivity contribution in [3.63, 3.8) is 0 Å². The summed E-state index contributed by atoms with van der Waals surface area (Å²) in [7, 11) is 0. The number of carboxylic acids is 1. The maximum absolute atomic E-state index is 10.7. The maximum Gasteiger partial charge on any atom is 0.306 e. The molecule has 1 rings (SSSR count). The van der Waals surface area contributed by atoms with Crippen molar-refractivity contribution >= 4 is 5.97 Å². The van der Waals surface area contributed by atoms with Crippen molar-refractivity contribution in [1.29, 1.82) is 0 Å². The standard InChI is InChI=1S/C10H16O4/c1-5-3-9(12)7(4-8(5)11)6(2)10(13)14/h3,6-9,11-12H,4H2,1-2H3,(H,13,14). The molecule has 0 saturated carbocycles. The molecule has 4 unspecified atom stereocenters. The van der Waals surface area contributed by atoms with Crippen LogP contribution in [-0.4, -0.2) is 33.5 Å². The second kappa shape index (κ2) is 4.11. The lowest BCUT2D eigenvalue weighted by atomic mass is 9.78. The summed E-state index contributed by atoms with van der Waals surface area (Å²) in [5.41, 5.74) is 0.714. The van der Waals surface area contributed by atoms with Gasteiger partial charge in [0.2, 0.25) is 0 Å². The Kier molecular flexibility index (Phi) is 3.29. The van der Waals surface area contributed by atoms with Crippen molar-refractivity contribution in [2.45, 2.75) is 32.5 Å². The molecule has 4 nitrogen and oxygen atoms in total. The Morgan fingerprint density at radius 1 is 1.57 bits per heavy atom. The van der Waals surface area contributed by atoms with Crippen molar-refractivity contribution in [2.75, 3.05) is 0 Å². The molecule has 1 aliphatic rings. The van der Waals surface area contributed by atoms with E-state index in [-0.39, 0.29) is 0 Å². The molecule has 0 aromatic rings. The molecular weight excluding hydrogens is 184 g/mol. The van der Waals surface area contributed by atoms with Crippen LogP contribution in [0.2, 0.25) is 0 Å². The van der Waals surface area contributed by atoms with Crippen molar-refractivity contribution in [1.82, 2.24) is 0 Å². The van der Waals surface area contributed by atoms with Gasteiger partial charge >= 0.3 is 5.97 Å². The Balaban J connectivity index is 2.78. The van der Waals surface area contributed by atoms with Gasteiger partial charge in [-0.15, -0.1) is 0 Å². The predicted octanol–water partition coefficient (Wildman–Crippen LogP) is 0.395. The summed E-state index contributed by atoms with van der Waals surface area (Å²) >= 11 is 0. The third kappa shape index (κ3) is 2.13. The minimum absolute atomic E-state index is 0.316. The molecule has 0 aromatic heterocycles. The molecule has 0 bridgehead atoms. The van der Waals surface area contributed by atoms with Gasteiger partial charge in [-0.1, -0.05) is 13.0 Å². The molecule has 0 aliphatic heterocycles. The van der Waals surface area contributed by atoms with Crippen molar-refractivity contribution in [2.24, 2.45) is 11.8 Å². The van der Waals surface area contributed by atoms with Crippen LogP contribution in [0.4, 0.5) is 0 Å². The van der Waals surface area contributed by atoms with Gasteiger partial charge in [0.15, 0.2) is 0 Å². The van der Waals surface area contributed by atoms with Crippen LogP contribution < -0.4 is 0 Å². The first-order chi connectivity index (χ1) is 6.43. The molecule has 0 heterocycles. The van der Waals surface area contributed by atoms with Gasteiger partial charge in [-0.3, -0.25) is 4.79 Å². The van der Waals surface area contributed by atoms with E-state index < -0.39 is 30.0 Å². The van der Waals surface area contributed by atoms with Crippen LogP contribution in [-0.2, 0) is 4.79 Å². The van der Waals surface area contributed by atoms with Gasteiger partial charge in [0, 0.05) is 5.92 Å². The summed E-state index contributed by atoms with van der Waals surface area (Å²) in [5, 5.41) is 27.9. The molecule has 3 N–H and O–H groups in total. The van der Waals surface area contributed by atoms with E-state index in [4.69, 9.17) is 5.11 Å². The highest BCUT2D eigenvalue weighted by Crippen LogP contribution is 2.30. The van der Waals surface area contributed by atoms with E-state index in [9.17, 15) is 15.0 Å². The zero-order chi connectivity index (χ0) is 10.9. The fourth-order valence-electron chi connectivity index (χ4n) is 1.77. The van der Waals surface area contributed by atoms with E-state index in [1.807, 2.05) is 0 Å². The van der Waals surface area contributed by atoms with Gasteiger partial charge in [0.25, 0.3) is 0 Å². The van der Waals surface area contributed by atoms with Crippen LogP contribution in [0.15, 0.2) is 11.6 Å². The van der Waals surface area contributed by atoms with Crippen LogP contribution in [0.5, 0.6) is 0 Å². The van der Waals surface area contributed by atoms with Gasteiger partial charge in [-0.2, -0.15) is 0 Å². The van der Waals surface area contributed by atoms with E-state index >= 15 is 0 Å². The minimum Gasteiger partial charge on any atom is -0.481 e. The fraction of sp³-hybridized carbons (Fsp3) is 0.700. The number of rotatable bonds is 2. The van der Waals surface area contributed by atoms with Gasteiger partial charge in [-0.25, -0.2) is 0 Å². The molecule has 4 atom stereocenters. The van der Waals surface area contributed by atoms with E-state index in [0.29, 0.717) is 12.0 Å². The molecule has 0 saturated heterocycles. The Morgan fingerprint density at radius 3 is 2.64 bits per heavy atom. The quantitative estimate of drug-likeness (QED) is 0.564. The molecule has 0 fully saturated rings. The highest BCUT2D eigenvalue weighted by molar-refractivity contribution is 5.70. The van der Waals surface area contributed by atoms with E-state index in [2.05, 4.69) is 0 Å². The zero-order valence-corrected chi connectivity index (χ0v) is 8.34. The molecule has 0 spiro atoms. The molecular formula is C10H16O4. The SMILES string of the molecule is CC1=CC(O)C(C(C)C(=O)O)CC1O. The van der Waals surface area contributed by atoms with Crippen LogP contribution in [0.25, 0.3) is 0 Å². The number of carbonyl (C=O) groups is 1. The minimum atomic E-state index is -0.936. The van der Waals surface area contributed by atoms with Crippen LogP contribution in [0.3, 0.4) is 0 Å². The predicted molar refractivity (Wildman–Crippen MR) is 50.7 cm³/mol. The molecule has 1 aliphatic carbocycles. The summed E-state index contributed by atoms with van der Waals surface area (Å²) in [4.78, 5) is 10.7. The third-order valence-corrected chi connectivity index (χ3v) is 2.93. The molecule has 4 heteroatoms. The molecule has 0 aromatic carbocycles. The first-order valence-corrected chi connectivity index (χ1v) is 4.70. The van der Waals surface area contributed by atoms with E-state index in [0.717, 1.165) is 0 Å². The second-order valence-corrected chi connectivity index (χ2v) is 3.94. The van der Waals surface area contributed by atoms with Crippen molar-refractivity contribution in [3.8, 4) is 0 Å². The Hall–Kier alpha value is -0.870. The first kappa shape index (κ1) is 11.2. The van der Waals surface area contributed by atoms with E-state index in [1.165, 1.54) is 6.08 Å². The van der Waals surface area contributed by atoms with Crippen LogP contribution in [0.1, 0.15) is 20.3 Å². The zero-order valence-electron chi connectivity index (χ0n) is 8.34. The molecule has 14 heavy (non-hydrogen) atoms. The smallest absolute Gasteiger partial charge is 0.306 e. The van der Waals surface area contributed by atoms with Gasteiger partial charge in [0.1, 0.15) is 0 Å². The summed E-state index contributed by atoms with van der Waals surface area (Å²) in [6.07, 6.45) is 0.476. The Bertz CT molecular complexity index is 259. The number of hydrogen-bond acceptors (Lipinski definition) is 3. The topological polar surface area (TPSA) is 77.8 Å². The highest BCUT2D eigenvalue weighted by atomic mass is 16.4. The first-order valence-electron chi connectivity index (χ1n) is 4.70. The van der Waals surface area contributed by atoms with E-state index in [1.54, 1.807) is 13.8 Å². The molecule has 0 amide bonds. The van der Waals surface area contributed by atoms with Crippen LogP contribution >= 0.6 is 0 Å². The summed E-state index contributed by atoms with van der Waals surface area (Å²) in [6, 6.07) is 0. The Morgan fingerprint density at radius 2 is 2.14 bits per heavy atom. The Labute approximate surface area is 82.9 Å². The summed E-state index contributed by atoms with van der Waals surface area (Å²) in [6.45, 7) is 3.28. The third-order valence-electron chi connectivity index (χ3n) is 2.93. The number of aliphatic hydroxyl groups is 2. The molecule has 80 valence electrons. The molecule has 0 radical (unpaired) electrons. The average Bonchev–Trinajstić information content (AvgIpc) is 2.10. The highest BCUT2D eigenvalue weighted by Gasteiger charge is 2.34. The number of carboxylic acid groups (broad SMARTS) is 1. The largest absolute Gasteiger partial charge is 0.481 e. The van der Waals surface area contributed by atoms with Gasteiger partial charge in [-0.05, 0) is 18.9 Å². The van der Waals surface area contributed by atoms with Crippen molar-refractivity contribution < 1.29 is 20.1 Å². The summed E-state index contributed by atoms with van der Waals surface area (Å²) < 4.78 is 0. The van der Waals surface area contributed by atoms with Crippen LogP contribution in [0, 0.1) is 11.8 Å². The normalized spacial score (nSPS) is 34.9. The monoisotopic (exact) mass is 200 g/mol. The average molecular weight is 200 g/mol. The summed E-state index contributed by atoms with van der Waals surface area (Å²) in [5.74, 6) is -1.97. The maximum atomic E-state index is 10.7. The lowest BCUT2D eigenvalue weighted by molar-refractivity contribution is -0.144. The fourth-order valence-corrected chi connectivity index (χ4v) is 1.77. The number of aliphatic hydroxyl groups excluding tert-OH is 2. The van der Waals surface area contributed by atoms with Crippen molar-refractivity contribution in [3.05, 3.63) is 11.6 Å². The number of aliphatic carboxylic acids is 1. The van der Waals surface area contributed by atoms with Gasteiger partial charge < -0.3 is 15.3 Å².